The minimum Gasteiger partial charge on any atom is -0.269 e. The van der Waals surface area contributed by atoms with E-state index in [0.717, 1.165) is 32.9 Å². The van der Waals surface area contributed by atoms with E-state index in [1.807, 2.05) is 31.2 Å². The number of hydrogen-bond acceptors (Lipinski definition) is 4. The minimum atomic E-state index is 0.843. The average molecular weight is 313 g/mol. The molecule has 3 nitrogen and oxygen atoms in total. The number of benzene rings is 1. The SMILES string of the molecule is C=C(C)CSc1nnc(-c2cccs2)n1-c1ccccc1. The number of hydrogen-bond donors (Lipinski definition) is 0. The fourth-order valence-electron chi connectivity index (χ4n) is 1.93. The lowest BCUT2D eigenvalue weighted by atomic mass is 10.3. The number of thiophene rings is 1. The second-order valence-electron chi connectivity index (χ2n) is 4.70. The van der Waals surface area contributed by atoms with Gasteiger partial charge in [0.2, 0.25) is 0 Å². The summed E-state index contributed by atoms with van der Waals surface area (Å²) in [7, 11) is 0. The summed E-state index contributed by atoms with van der Waals surface area (Å²) in [6.45, 7) is 5.98. The summed E-state index contributed by atoms with van der Waals surface area (Å²) in [5.74, 6) is 1.73. The van der Waals surface area contributed by atoms with Gasteiger partial charge in [0.1, 0.15) is 0 Å². The van der Waals surface area contributed by atoms with Crippen LogP contribution < -0.4 is 0 Å². The largest absolute Gasteiger partial charge is 0.269 e. The van der Waals surface area contributed by atoms with Crippen molar-refractivity contribution in [3.05, 3.63) is 60.0 Å². The Labute approximate surface area is 132 Å². The second kappa shape index (κ2) is 6.28. The van der Waals surface area contributed by atoms with E-state index >= 15 is 0 Å². The first-order valence-corrected chi connectivity index (χ1v) is 8.44. The number of thioether (sulfide) groups is 1. The Bertz CT molecular complexity index is 730. The summed E-state index contributed by atoms with van der Waals surface area (Å²) in [5, 5.41) is 11.7. The standard InChI is InChI=1S/C16H15N3S2/c1-12(2)11-21-16-18-17-15(14-9-6-10-20-14)19(16)13-7-4-3-5-8-13/h3-10H,1,11H2,2H3. The van der Waals surface area contributed by atoms with Crippen LogP contribution in [0, 0.1) is 0 Å². The van der Waals surface area contributed by atoms with Crippen LogP contribution in [0.15, 0.2) is 65.2 Å². The number of aromatic nitrogens is 3. The highest BCUT2D eigenvalue weighted by atomic mass is 32.2. The topological polar surface area (TPSA) is 30.7 Å². The van der Waals surface area contributed by atoms with Gasteiger partial charge in [-0.1, -0.05) is 48.2 Å². The summed E-state index contributed by atoms with van der Waals surface area (Å²) in [5.41, 5.74) is 2.20. The maximum absolute atomic E-state index is 4.39. The number of rotatable bonds is 5. The van der Waals surface area contributed by atoms with Gasteiger partial charge in [0.25, 0.3) is 0 Å². The molecule has 0 aliphatic rings. The molecule has 3 rings (SSSR count). The predicted molar refractivity (Wildman–Crippen MR) is 90.2 cm³/mol. The summed E-state index contributed by atoms with van der Waals surface area (Å²) >= 11 is 3.33. The van der Waals surface area contributed by atoms with E-state index in [2.05, 4.69) is 44.9 Å². The van der Waals surface area contributed by atoms with Gasteiger partial charge < -0.3 is 0 Å². The van der Waals surface area contributed by atoms with Crippen molar-refractivity contribution in [2.24, 2.45) is 0 Å². The first-order valence-electron chi connectivity index (χ1n) is 6.57. The Balaban J connectivity index is 2.08. The average Bonchev–Trinajstić information content (AvgIpc) is 3.15. The molecule has 0 saturated carbocycles. The van der Waals surface area contributed by atoms with Crippen molar-refractivity contribution in [1.82, 2.24) is 14.8 Å². The summed E-state index contributed by atoms with van der Waals surface area (Å²) in [6.07, 6.45) is 0. The molecule has 0 radical (unpaired) electrons. The van der Waals surface area contributed by atoms with E-state index in [-0.39, 0.29) is 0 Å². The van der Waals surface area contributed by atoms with Crippen molar-refractivity contribution in [3.63, 3.8) is 0 Å². The molecule has 0 spiro atoms. The van der Waals surface area contributed by atoms with Crippen LogP contribution in [0.3, 0.4) is 0 Å². The summed E-state index contributed by atoms with van der Waals surface area (Å²) < 4.78 is 2.11. The van der Waals surface area contributed by atoms with Gasteiger partial charge in [-0.25, -0.2) is 0 Å². The molecular weight excluding hydrogens is 298 g/mol. The molecule has 3 aromatic rings. The molecule has 0 atom stereocenters. The predicted octanol–water partition coefficient (Wildman–Crippen LogP) is 4.66. The lowest BCUT2D eigenvalue weighted by Gasteiger charge is -2.09. The summed E-state index contributed by atoms with van der Waals surface area (Å²) in [6, 6.07) is 14.3. The van der Waals surface area contributed by atoms with Gasteiger partial charge in [-0.05, 0) is 30.5 Å². The lowest BCUT2D eigenvalue weighted by Crippen LogP contribution is -1.99. The molecule has 2 heterocycles. The molecule has 0 N–H and O–H groups in total. The van der Waals surface area contributed by atoms with E-state index in [1.54, 1.807) is 23.1 Å². The fourth-order valence-corrected chi connectivity index (χ4v) is 3.42. The third-order valence-corrected chi connectivity index (χ3v) is 4.86. The van der Waals surface area contributed by atoms with E-state index in [4.69, 9.17) is 0 Å². The molecule has 5 heteroatoms. The zero-order chi connectivity index (χ0) is 14.7. The van der Waals surface area contributed by atoms with Gasteiger partial charge in [-0.2, -0.15) is 0 Å². The van der Waals surface area contributed by atoms with E-state index in [9.17, 15) is 0 Å². The third kappa shape index (κ3) is 3.09. The Morgan fingerprint density at radius 1 is 1.19 bits per heavy atom. The van der Waals surface area contributed by atoms with Crippen LogP contribution in [0.5, 0.6) is 0 Å². The van der Waals surface area contributed by atoms with Crippen LogP contribution >= 0.6 is 23.1 Å². The molecule has 21 heavy (non-hydrogen) atoms. The van der Waals surface area contributed by atoms with Crippen molar-refractivity contribution >= 4 is 23.1 Å². The molecule has 0 aliphatic carbocycles. The van der Waals surface area contributed by atoms with Crippen molar-refractivity contribution in [2.75, 3.05) is 5.75 Å². The normalized spacial score (nSPS) is 10.7. The van der Waals surface area contributed by atoms with Crippen molar-refractivity contribution < 1.29 is 0 Å². The monoisotopic (exact) mass is 313 g/mol. The Hall–Kier alpha value is -1.85. The van der Waals surface area contributed by atoms with E-state index in [1.165, 1.54) is 0 Å². The van der Waals surface area contributed by atoms with Crippen LogP contribution in [0.2, 0.25) is 0 Å². The Kier molecular flexibility index (Phi) is 4.22. The smallest absolute Gasteiger partial charge is 0.196 e. The molecule has 0 amide bonds. The maximum atomic E-state index is 4.39. The van der Waals surface area contributed by atoms with Crippen molar-refractivity contribution in [1.29, 1.82) is 0 Å². The third-order valence-electron chi connectivity index (χ3n) is 2.84. The van der Waals surface area contributed by atoms with E-state index in [0.29, 0.717) is 0 Å². The summed E-state index contributed by atoms with van der Waals surface area (Å²) in [4.78, 5) is 1.12. The zero-order valence-corrected chi connectivity index (χ0v) is 13.3. The van der Waals surface area contributed by atoms with Gasteiger partial charge in [0, 0.05) is 11.4 Å². The highest BCUT2D eigenvalue weighted by Gasteiger charge is 2.16. The van der Waals surface area contributed by atoms with Gasteiger partial charge in [-0.3, -0.25) is 4.57 Å². The number of para-hydroxylation sites is 1. The first kappa shape index (κ1) is 14.1. The van der Waals surface area contributed by atoms with Crippen LogP contribution in [-0.4, -0.2) is 20.5 Å². The molecular formula is C16H15N3S2. The van der Waals surface area contributed by atoms with E-state index < -0.39 is 0 Å². The van der Waals surface area contributed by atoms with Crippen molar-refractivity contribution in [3.8, 4) is 16.4 Å². The molecule has 0 bridgehead atoms. The first-order chi connectivity index (χ1) is 10.3. The van der Waals surface area contributed by atoms with Gasteiger partial charge in [0.05, 0.1) is 4.88 Å². The van der Waals surface area contributed by atoms with Crippen LogP contribution in [-0.2, 0) is 0 Å². The van der Waals surface area contributed by atoms with Gasteiger partial charge >= 0.3 is 0 Å². The Morgan fingerprint density at radius 3 is 2.67 bits per heavy atom. The van der Waals surface area contributed by atoms with Crippen molar-refractivity contribution in [2.45, 2.75) is 12.1 Å². The molecule has 0 aliphatic heterocycles. The quantitative estimate of drug-likeness (QED) is 0.507. The number of nitrogens with zero attached hydrogens (tertiary/aromatic N) is 3. The second-order valence-corrected chi connectivity index (χ2v) is 6.59. The molecule has 0 unspecified atom stereocenters. The lowest BCUT2D eigenvalue weighted by molar-refractivity contribution is 0.887. The maximum Gasteiger partial charge on any atom is 0.196 e. The van der Waals surface area contributed by atoms with Crippen LogP contribution in [0.4, 0.5) is 0 Å². The minimum absolute atomic E-state index is 0.843. The highest BCUT2D eigenvalue weighted by Crippen LogP contribution is 2.30. The zero-order valence-electron chi connectivity index (χ0n) is 11.7. The van der Waals surface area contributed by atoms with Crippen LogP contribution in [0.25, 0.3) is 16.4 Å². The fraction of sp³-hybridized carbons (Fsp3) is 0.125. The van der Waals surface area contributed by atoms with Crippen LogP contribution in [0.1, 0.15) is 6.92 Å². The van der Waals surface area contributed by atoms with Gasteiger partial charge in [0.15, 0.2) is 11.0 Å². The molecule has 2 aromatic heterocycles. The Morgan fingerprint density at radius 2 is 2.00 bits per heavy atom. The molecule has 106 valence electrons. The van der Waals surface area contributed by atoms with Gasteiger partial charge in [-0.15, -0.1) is 21.5 Å². The molecule has 0 fully saturated rings. The molecule has 1 aromatic carbocycles. The highest BCUT2D eigenvalue weighted by molar-refractivity contribution is 7.99. The molecule has 0 saturated heterocycles.